The van der Waals surface area contributed by atoms with Crippen LogP contribution in [-0.4, -0.2) is 55.5 Å². The molecule has 2 fully saturated rings. The maximum Gasteiger partial charge on any atom is 0.417 e. The van der Waals surface area contributed by atoms with E-state index >= 15 is 0 Å². The number of halogens is 3. The van der Waals surface area contributed by atoms with Gasteiger partial charge in [0.1, 0.15) is 17.2 Å². The molecule has 0 bridgehead atoms. The molecule has 3 aromatic heterocycles. The number of anilines is 1. The largest absolute Gasteiger partial charge is 0.417 e. The summed E-state index contributed by atoms with van der Waals surface area (Å²) >= 11 is 0. The molecule has 0 amide bonds. The van der Waals surface area contributed by atoms with E-state index in [-0.39, 0.29) is 0 Å². The van der Waals surface area contributed by atoms with Gasteiger partial charge in [0, 0.05) is 43.6 Å². The summed E-state index contributed by atoms with van der Waals surface area (Å²) in [5, 5.41) is 0. The molecule has 1 aliphatic carbocycles. The Morgan fingerprint density at radius 1 is 1.00 bits per heavy atom. The maximum atomic E-state index is 13.2. The molecule has 1 aliphatic heterocycles. The molecule has 4 heterocycles. The lowest BCUT2D eigenvalue weighted by molar-refractivity contribution is -0.137. The van der Waals surface area contributed by atoms with E-state index in [1.807, 2.05) is 6.07 Å². The van der Waals surface area contributed by atoms with Gasteiger partial charge in [-0.15, -0.1) is 0 Å². The minimum absolute atomic E-state index is 0.365. The van der Waals surface area contributed by atoms with Gasteiger partial charge in [-0.25, -0.2) is 15.0 Å². The second-order valence-electron chi connectivity index (χ2n) is 8.31. The first-order chi connectivity index (χ1) is 14.3. The standard InChI is InChI=1S/C21H23F3N6/c1-13-10-28(11-14(2)30(13)16-4-5-16)19-7-8-25-20(27-19)17-9-26-18-6-3-15(12-29(17)18)21(22,23)24/h3,6-9,12-14,16H,4-5,10-11H2,1-2H3. The third-order valence-corrected chi connectivity index (χ3v) is 5.98. The molecule has 1 saturated heterocycles. The fraction of sp³-hybridized carbons (Fsp3) is 0.476. The number of rotatable bonds is 3. The minimum Gasteiger partial charge on any atom is -0.353 e. The van der Waals surface area contributed by atoms with Gasteiger partial charge in [-0.2, -0.15) is 13.2 Å². The van der Waals surface area contributed by atoms with E-state index in [1.54, 1.807) is 6.20 Å². The van der Waals surface area contributed by atoms with Crippen molar-refractivity contribution in [3.05, 3.63) is 42.4 Å². The summed E-state index contributed by atoms with van der Waals surface area (Å²) in [4.78, 5) is 18.1. The summed E-state index contributed by atoms with van der Waals surface area (Å²) in [5.74, 6) is 1.15. The maximum absolute atomic E-state index is 13.2. The van der Waals surface area contributed by atoms with Crippen LogP contribution in [0.25, 0.3) is 17.2 Å². The molecule has 1 saturated carbocycles. The van der Waals surface area contributed by atoms with Gasteiger partial charge in [0.2, 0.25) is 0 Å². The molecule has 158 valence electrons. The Kier molecular flexibility index (Phi) is 4.46. The fourth-order valence-corrected chi connectivity index (χ4v) is 4.58. The van der Waals surface area contributed by atoms with E-state index in [4.69, 9.17) is 0 Å². The van der Waals surface area contributed by atoms with Crippen LogP contribution < -0.4 is 4.90 Å². The van der Waals surface area contributed by atoms with Crippen molar-refractivity contribution >= 4 is 11.5 Å². The van der Waals surface area contributed by atoms with Crippen LogP contribution in [0.3, 0.4) is 0 Å². The smallest absolute Gasteiger partial charge is 0.353 e. The number of hydrogen-bond donors (Lipinski definition) is 0. The van der Waals surface area contributed by atoms with E-state index in [1.165, 1.54) is 29.5 Å². The lowest BCUT2D eigenvalue weighted by Crippen LogP contribution is -2.57. The molecule has 3 aromatic rings. The first-order valence-electron chi connectivity index (χ1n) is 10.2. The van der Waals surface area contributed by atoms with Gasteiger partial charge in [0.05, 0.1) is 11.8 Å². The number of fused-ring (bicyclic) bond motifs is 1. The molecule has 9 heteroatoms. The van der Waals surface area contributed by atoms with E-state index in [9.17, 15) is 13.2 Å². The van der Waals surface area contributed by atoms with Crippen LogP contribution in [0, 0.1) is 0 Å². The first-order valence-corrected chi connectivity index (χ1v) is 10.2. The summed E-state index contributed by atoms with van der Waals surface area (Å²) in [6.07, 6.45) is 2.36. The van der Waals surface area contributed by atoms with Crippen LogP contribution in [0.2, 0.25) is 0 Å². The predicted octanol–water partition coefficient (Wildman–Crippen LogP) is 3.87. The Morgan fingerprint density at radius 3 is 2.40 bits per heavy atom. The number of pyridine rings is 1. The molecule has 30 heavy (non-hydrogen) atoms. The molecule has 6 nitrogen and oxygen atoms in total. The minimum atomic E-state index is -4.42. The Labute approximate surface area is 172 Å². The van der Waals surface area contributed by atoms with Crippen LogP contribution in [0.4, 0.5) is 19.0 Å². The zero-order valence-electron chi connectivity index (χ0n) is 16.8. The van der Waals surface area contributed by atoms with Crippen LogP contribution in [0.1, 0.15) is 32.3 Å². The Hall–Kier alpha value is -2.68. The summed E-state index contributed by atoms with van der Waals surface area (Å²) in [7, 11) is 0. The number of alkyl halides is 3. The van der Waals surface area contributed by atoms with E-state index in [0.717, 1.165) is 31.2 Å². The molecular weight excluding hydrogens is 393 g/mol. The van der Waals surface area contributed by atoms with Crippen LogP contribution in [-0.2, 0) is 6.18 Å². The van der Waals surface area contributed by atoms with E-state index in [2.05, 4.69) is 38.6 Å². The second kappa shape index (κ2) is 6.94. The van der Waals surface area contributed by atoms with Crippen LogP contribution >= 0.6 is 0 Å². The highest BCUT2D eigenvalue weighted by Crippen LogP contribution is 2.34. The van der Waals surface area contributed by atoms with Gasteiger partial charge in [-0.3, -0.25) is 9.30 Å². The van der Waals surface area contributed by atoms with E-state index in [0.29, 0.717) is 35.3 Å². The second-order valence-corrected chi connectivity index (χ2v) is 8.31. The molecule has 0 N–H and O–H groups in total. The molecule has 2 atom stereocenters. The van der Waals surface area contributed by atoms with Gasteiger partial charge in [-0.1, -0.05) is 0 Å². The lowest BCUT2D eigenvalue weighted by Gasteiger charge is -2.45. The highest BCUT2D eigenvalue weighted by molar-refractivity contribution is 5.59. The SMILES string of the molecule is CC1CN(c2ccnc(-c3cnc4ccc(C(F)(F)F)cn34)n2)CC(C)N1C1CC1. The number of hydrogen-bond acceptors (Lipinski definition) is 5. The van der Waals surface area contributed by atoms with Crippen molar-refractivity contribution in [2.75, 3.05) is 18.0 Å². The van der Waals surface area contributed by atoms with Crippen molar-refractivity contribution in [2.45, 2.75) is 51.0 Å². The van der Waals surface area contributed by atoms with Gasteiger partial charge < -0.3 is 4.90 Å². The highest BCUT2D eigenvalue weighted by atomic mass is 19.4. The third-order valence-electron chi connectivity index (χ3n) is 5.98. The third kappa shape index (κ3) is 3.40. The van der Waals surface area contributed by atoms with Gasteiger partial charge in [0.25, 0.3) is 0 Å². The van der Waals surface area contributed by atoms with Crippen molar-refractivity contribution in [1.82, 2.24) is 24.3 Å². The first kappa shape index (κ1) is 19.3. The molecular formula is C21H23F3N6. The van der Waals surface area contributed by atoms with E-state index < -0.39 is 11.7 Å². The molecule has 0 aromatic carbocycles. The van der Waals surface area contributed by atoms with Crippen molar-refractivity contribution < 1.29 is 13.2 Å². The van der Waals surface area contributed by atoms with Gasteiger partial charge >= 0.3 is 6.18 Å². The lowest BCUT2D eigenvalue weighted by atomic mass is 10.1. The number of nitrogens with zero attached hydrogens (tertiary/aromatic N) is 6. The Morgan fingerprint density at radius 2 is 1.73 bits per heavy atom. The van der Waals surface area contributed by atoms with Gasteiger partial charge in [-0.05, 0) is 44.9 Å². The predicted molar refractivity (Wildman–Crippen MR) is 107 cm³/mol. The average Bonchev–Trinajstić information content (AvgIpc) is 3.44. The highest BCUT2D eigenvalue weighted by Gasteiger charge is 2.39. The fourth-order valence-electron chi connectivity index (χ4n) is 4.58. The average molecular weight is 416 g/mol. The zero-order valence-corrected chi connectivity index (χ0v) is 16.8. The summed E-state index contributed by atoms with van der Waals surface area (Å²) in [5.41, 5.74) is 0.132. The van der Waals surface area contributed by atoms with Crippen molar-refractivity contribution in [3.8, 4) is 11.5 Å². The molecule has 2 aliphatic rings. The van der Waals surface area contributed by atoms with Crippen molar-refractivity contribution in [3.63, 3.8) is 0 Å². The van der Waals surface area contributed by atoms with Crippen molar-refractivity contribution in [1.29, 1.82) is 0 Å². The summed E-state index contributed by atoms with van der Waals surface area (Å²) < 4.78 is 40.9. The Bertz CT molecular complexity index is 1060. The normalized spacial score (nSPS) is 23.3. The molecule has 0 radical (unpaired) electrons. The monoisotopic (exact) mass is 416 g/mol. The molecule has 0 spiro atoms. The quantitative estimate of drug-likeness (QED) is 0.649. The summed E-state index contributed by atoms with van der Waals surface area (Å²) in [6.45, 7) is 6.21. The number of imidazole rings is 1. The molecule has 5 rings (SSSR count). The van der Waals surface area contributed by atoms with Gasteiger partial charge in [0.15, 0.2) is 5.82 Å². The summed E-state index contributed by atoms with van der Waals surface area (Å²) in [6, 6.07) is 5.80. The van der Waals surface area contributed by atoms with Crippen LogP contribution in [0.5, 0.6) is 0 Å². The van der Waals surface area contributed by atoms with Crippen molar-refractivity contribution in [2.24, 2.45) is 0 Å². The number of piperazine rings is 1. The topological polar surface area (TPSA) is 49.6 Å². The Balaban J connectivity index is 1.47. The molecule has 2 unspecified atom stereocenters. The number of aromatic nitrogens is 4. The zero-order chi connectivity index (χ0) is 21.0. The van der Waals surface area contributed by atoms with Crippen LogP contribution in [0.15, 0.2) is 36.8 Å².